The highest BCUT2D eigenvalue weighted by Crippen LogP contribution is 2.41. The Bertz CT molecular complexity index is 810. The lowest BCUT2D eigenvalue weighted by molar-refractivity contribution is 0.0645. The maximum absolute atomic E-state index is 13.4. The first kappa shape index (κ1) is 20.7. The average Bonchev–Trinajstić information content (AvgIpc) is 2.61. The third-order valence-corrected chi connectivity index (χ3v) is 8.29. The third kappa shape index (κ3) is 4.19. The topological polar surface area (TPSA) is 29.5 Å². The molecule has 2 aromatic carbocycles. The van der Waals surface area contributed by atoms with Crippen LogP contribution in [0.2, 0.25) is 0 Å². The maximum Gasteiger partial charge on any atom is 0.255 e. The molecule has 5 heteroatoms. The fourth-order valence-electron chi connectivity index (χ4n) is 3.23. The smallest absolute Gasteiger partial charge is 0.255 e. The second-order valence-electron chi connectivity index (χ2n) is 7.04. The van der Waals surface area contributed by atoms with Crippen molar-refractivity contribution < 1.29 is 9.53 Å². The summed E-state index contributed by atoms with van der Waals surface area (Å²) in [6.07, 6.45) is 0. The number of benzene rings is 2. The number of hydrogen-bond donors (Lipinski definition) is 0. The minimum Gasteiger partial charge on any atom is -0.497 e. The van der Waals surface area contributed by atoms with Crippen molar-refractivity contribution >= 4 is 34.4 Å². The van der Waals surface area contributed by atoms with Crippen LogP contribution >= 0.6 is 6.04 Å². The molecule has 2 aromatic rings. The molecule has 0 spiro atoms. The molecule has 0 saturated carbocycles. The zero-order valence-electron chi connectivity index (χ0n) is 16.4. The Morgan fingerprint density at radius 3 is 2.12 bits per heavy atom. The Kier molecular flexibility index (Phi) is 6.65. The molecular formula is C21H28NO2PS. The van der Waals surface area contributed by atoms with Gasteiger partial charge in [0.1, 0.15) is 5.75 Å². The highest BCUT2D eigenvalue weighted by molar-refractivity contribution is 8.21. The van der Waals surface area contributed by atoms with Crippen LogP contribution in [0.5, 0.6) is 5.75 Å². The lowest BCUT2D eigenvalue weighted by Crippen LogP contribution is -2.43. The number of ether oxygens (including phenoxy) is 1. The van der Waals surface area contributed by atoms with Crippen molar-refractivity contribution in [2.45, 2.75) is 39.8 Å². The van der Waals surface area contributed by atoms with Crippen LogP contribution in [-0.4, -0.2) is 36.7 Å². The van der Waals surface area contributed by atoms with Crippen molar-refractivity contribution in [3.63, 3.8) is 0 Å². The van der Waals surface area contributed by atoms with Gasteiger partial charge in [-0.3, -0.25) is 4.79 Å². The average molecular weight is 390 g/mol. The maximum atomic E-state index is 13.4. The minimum atomic E-state index is -2.12. The zero-order chi connectivity index (χ0) is 19.5. The van der Waals surface area contributed by atoms with Gasteiger partial charge >= 0.3 is 0 Å². The summed E-state index contributed by atoms with van der Waals surface area (Å²) >= 11 is 6.09. The van der Waals surface area contributed by atoms with E-state index >= 15 is 0 Å². The number of nitrogens with zero attached hydrogens (tertiary/aromatic N) is 1. The summed E-state index contributed by atoms with van der Waals surface area (Å²) in [6, 6.07) is 13.8. The first-order valence-corrected chi connectivity index (χ1v) is 12.1. The molecule has 0 saturated heterocycles. The predicted molar refractivity (Wildman–Crippen MR) is 115 cm³/mol. The first-order chi connectivity index (χ1) is 12.2. The largest absolute Gasteiger partial charge is 0.497 e. The van der Waals surface area contributed by atoms with Crippen LogP contribution in [0.15, 0.2) is 48.5 Å². The van der Waals surface area contributed by atoms with Gasteiger partial charge in [-0.25, -0.2) is 0 Å². The third-order valence-electron chi connectivity index (χ3n) is 4.49. The Hall–Kier alpha value is -1.64. The molecule has 0 bridgehead atoms. The number of methoxy groups -OCH3 is 1. The van der Waals surface area contributed by atoms with Crippen LogP contribution in [0, 0.1) is 0 Å². The number of carbonyl (C=O) groups is 1. The van der Waals surface area contributed by atoms with Gasteiger partial charge < -0.3 is 9.64 Å². The Morgan fingerprint density at radius 1 is 1.04 bits per heavy atom. The SMILES string of the molecule is COc1ccc(C(=O)N(C(C)C)C(C)C)c(P(C)(=S)c2ccccc2)c1. The van der Waals surface area contributed by atoms with Gasteiger partial charge in [0.25, 0.3) is 5.91 Å². The normalized spacial score (nSPS) is 13.5. The van der Waals surface area contributed by atoms with Gasteiger partial charge in [0.15, 0.2) is 0 Å². The zero-order valence-corrected chi connectivity index (χ0v) is 18.1. The van der Waals surface area contributed by atoms with Crippen LogP contribution in [0.1, 0.15) is 38.1 Å². The number of carbonyl (C=O) groups excluding carboxylic acids is 1. The fourth-order valence-corrected chi connectivity index (χ4v) is 6.07. The fraction of sp³-hybridized carbons (Fsp3) is 0.381. The van der Waals surface area contributed by atoms with Gasteiger partial charge in [0, 0.05) is 29.0 Å². The van der Waals surface area contributed by atoms with Gasteiger partial charge in [-0.2, -0.15) is 0 Å². The van der Waals surface area contributed by atoms with E-state index in [1.54, 1.807) is 7.11 Å². The predicted octanol–water partition coefficient (Wildman–Crippen LogP) is 4.01. The molecule has 1 atom stereocenters. The van der Waals surface area contributed by atoms with Crippen molar-refractivity contribution in [2.24, 2.45) is 0 Å². The van der Waals surface area contributed by atoms with E-state index in [4.69, 9.17) is 16.5 Å². The molecule has 0 N–H and O–H groups in total. The summed E-state index contributed by atoms with van der Waals surface area (Å²) < 4.78 is 5.42. The molecule has 0 heterocycles. The van der Waals surface area contributed by atoms with Crippen molar-refractivity contribution in [3.05, 3.63) is 54.1 Å². The Balaban J connectivity index is 2.65. The van der Waals surface area contributed by atoms with E-state index in [0.29, 0.717) is 5.56 Å². The van der Waals surface area contributed by atoms with E-state index in [2.05, 4.69) is 18.8 Å². The van der Waals surface area contributed by atoms with E-state index in [0.717, 1.165) is 16.4 Å². The molecule has 0 fully saturated rings. The van der Waals surface area contributed by atoms with E-state index in [-0.39, 0.29) is 18.0 Å². The van der Waals surface area contributed by atoms with Crippen LogP contribution < -0.4 is 15.3 Å². The molecule has 1 unspecified atom stereocenters. The van der Waals surface area contributed by atoms with Crippen molar-refractivity contribution in [2.75, 3.05) is 13.8 Å². The number of amides is 1. The van der Waals surface area contributed by atoms with Gasteiger partial charge in [0.05, 0.1) is 7.11 Å². The van der Waals surface area contributed by atoms with Crippen molar-refractivity contribution in [1.82, 2.24) is 4.90 Å². The van der Waals surface area contributed by atoms with Crippen LogP contribution in [0.25, 0.3) is 0 Å². The second-order valence-corrected chi connectivity index (χ2v) is 12.1. The molecule has 2 rings (SSSR count). The van der Waals surface area contributed by atoms with Gasteiger partial charge in [0.2, 0.25) is 0 Å². The Labute approximate surface area is 162 Å². The number of rotatable bonds is 6. The van der Waals surface area contributed by atoms with Crippen molar-refractivity contribution in [1.29, 1.82) is 0 Å². The number of hydrogen-bond acceptors (Lipinski definition) is 3. The Morgan fingerprint density at radius 2 is 1.62 bits per heavy atom. The lowest BCUT2D eigenvalue weighted by Gasteiger charge is -2.32. The summed E-state index contributed by atoms with van der Waals surface area (Å²) in [5, 5.41) is 2.01. The molecule has 1 amide bonds. The van der Waals surface area contributed by atoms with E-state index in [1.165, 1.54) is 0 Å². The standard InChI is InChI=1S/C21H28NO2PS/c1-15(2)22(16(3)4)21(23)19-13-12-17(24-5)14-20(19)25(6,26)18-10-8-7-9-11-18/h7-16H,1-6H3. The van der Waals surface area contributed by atoms with Gasteiger partial charge in [-0.15, -0.1) is 0 Å². The molecule has 0 aliphatic rings. The van der Waals surface area contributed by atoms with Gasteiger partial charge in [-0.1, -0.05) is 42.1 Å². The molecule has 0 aromatic heterocycles. The van der Waals surface area contributed by atoms with Crippen LogP contribution in [0.4, 0.5) is 0 Å². The van der Waals surface area contributed by atoms with E-state index < -0.39 is 6.04 Å². The first-order valence-electron chi connectivity index (χ1n) is 8.84. The highest BCUT2D eigenvalue weighted by atomic mass is 32.4. The molecule has 0 radical (unpaired) electrons. The monoisotopic (exact) mass is 389 g/mol. The van der Waals surface area contributed by atoms with E-state index in [1.807, 2.05) is 69.0 Å². The molecule has 3 nitrogen and oxygen atoms in total. The summed E-state index contributed by atoms with van der Waals surface area (Å²) in [5.74, 6) is 0.754. The van der Waals surface area contributed by atoms with E-state index in [9.17, 15) is 4.79 Å². The van der Waals surface area contributed by atoms with Gasteiger partial charge in [-0.05, 0) is 57.9 Å². The van der Waals surface area contributed by atoms with Crippen LogP contribution in [-0.2, 0) is 11.8 Å². The quantitative estimate of drug-likeness (QED) is 0.699. The summed E-state index contributed by atoms with van der Waals surface area (Å²) in [4.78, 5) is 15.3. The molecule has 0 aliphatic carbocycles. The highest BCUT2D eigenvalue weighted by Gasteiger charge is 2.28. The molecule has 140 valence electrons. The lowest BCUT2D eigenvalue weighted by atomic mass is 10.1. The second kappa shape index (κ2) is 8.37. The van der Waals surface area contributed by atoms with Crippen molar-refractivity contribution in [3.8, 4) is 5.75 Å². The summed E-state index contributed by atoms with van der Waals surface area (Å²) in [6.45, 7) is 10.2. The molecular weight excluding hydrogens is 361 g/mol. The molecule has 0 aliphatic heterocycles. The molecule has 26 heavy (non-hydrogen) atoms. The minimum absolute atomic E-state index is 0.0275. The summed E-state index contributed by atoms with van der Waals surface area (Å²) in [7, 11) is 1.64. The van der Waals surface area contributed by atoms with Crippen LogP contribution in [0.3, 0.4) is 0 Å². The summed E-state index contributed by atoms with van der Waals surface area (Å²) in [5.41, 5.74) is 0.683.